The molecule has 2 atom stereocenters. The Hall–Kier alpha value is -1.45. The van der Waals surface area contributed by atoms with E-state index in [0.29, 0.717) is 5.75 Å². The highest BCUT2D eigenvalue weighted by Gasteiger charge is 2.13. The van der Waals surface area contributed by atoms with E-state index in [2.05, 4.69) is 32.9 Å². The molecule has 0 aromatic heterocycles. The molecule has 0 saturated carbocycles. The van der Waals surface area contributed by atoms with Crippen molar-refractivity contribution in [2.24, 2.45) is 5.73 Å². The molecular formula is C18H23NOS. The third kappa shape index (κ3) is 3.80. The van der Waals surface area contributed by atoms with Crippen molar-refractivity contribution < 1.29 is 4.21 Å². The van der Waals surface area contributed by atoms with Gasteiger partial charge in [0.2, 0.25) is 0 Å². The zero-order chi connectivity index (χ0) is 15.6. The van der Waals surface area contributed by atoms with E-state index in [-0.39, 0.29) is 6.04 Å². The lowest BCUT2D eigenvalue weighted by atomic mass is 10.0. The van der Waals surface area contributed by atoms with Gasteiger partial charge in [-0.2, -0.15) is 0 Å². The van der Waals surface area contributed by atoms with Crippen molar-refractivity contribution in [3.8, 4) is 0 Å². The van der Waals surface area contributed by atoms with Gasteiger partial charge < -0.3 is 5.73 Å². The summed E-state index contributed by atoms with van der Waals surface area (Å²) in [6.45, 7) is 8.26. The topological polar surface area (TPSA) is 43.1 Å². The summed E-state index contributed by atoms with van der Waals surface area (Å²) in [6.07, 6.45) is 0. The fourth-order valence-corrected chi connectivity index (χ4v) is 3.45. The number of aryl methyl sites for hydroxylation is 4. The summed E-state index contributed by atoms with van der Waals surface area (Å²) in [4.78, 5) is 0.859. The first kappa shape index (κ1) is 15.9. The van der Waals surface area contributed by atoms with Crippen molar-refractivity contribution in [1.82, 2.24) is 0 Å². The molecule has 0 saturated heterocycles. The summed E-state index contributed by atoms with van der Waals surface area (Å²) in [5.74, 6) is 0.449. The summed E-state index contributed by atoms with van der Waals surface area (Å²) in [5, 5.41) is 0. The van der Waals surface area contributed by atoms with Crippen molar-refractivity contribution in [2.75, 3.05) is 5.75 Å². The van der Waals surface area contributed by atoms with Gasteiger partial charge in [-0.05, 0) is 67.6 Å². The van der Waals surface area contributed by atoms with Crippen LogP contribution in [0, 0.1) is 27.7 Å². The van der Waals surface area contributed by atoms with E-state index in [4.69, 9.17) is 5.73 Å². The highest BCUT2D eigenvalue weighted by atomic mass is 32.2. The largest absolute Gasteiger partial charge is 0.323 e. The minimum Gasteiger partial charge on any atom is -0.323 e. The normalized spacial score (nSPS) is 14.0. The Morgan fingerprint density at radius 3 is 2.05 bits per heavy atom. The van der Waals surface area contributed by atoms with Crippen LogP contribution in [0.2, 0.25) is 0 Å². The number of nitrogens with two attached hydrogens (primary N) is 1. The van der Waals surface area contributed by atoms with E-state index < -0.39 is 10.8 Å². The molecule has 0 heterocycles. The van der Waals surface area contributed by atoms with Crippen molar-refractivity contribution in [3.63, 3.8) is 0 Å². The van der Waals surface area contributed by atoms with Crippen LogP contribution in [0.15, 0.2) is 41.3 Å². The Balaban J connectivity index is 2.14. The Morgan fingerprint density at radius 2 is 1.48 bits per heavy atom. The summed E-state index contributed by atoms with van der Waals surface area (Å²) >= 11 is 0. The summed E-state index contributed by atoms with van der Waals surface area (Å²) in [7, 11) is -1.07. The first-order valence-electron chi connectivity index (χ1n) is 7.17. The van der Waals surface area contributed by atoms with Crippen LogP contribution in [0.3, 0.4) is 0 Å². The molecular weight excluding hydrogens is 278 g/mol. The summed E-state index contributed by atoms with van der Waals surface area (Å²) in [5.41, 5.74) is 12.1. The van der Waals surface area contributed by atoms with Crippen LogP contribution < -0.4 is 5.73 Å². The molecule has 2 aromatic rings. The molecule has 3 heteroatoms. The second-order valence-electron chi connectivity index (χ2n) is 5.71. The molecule has 2 nitrogen and oxygen atoms in total. The molecule has 0 amide bonds. The molecule has 0 radical (unpaired) electrons. The number of hydrogen-bond acceptors (Lipinski definition) is 2. The minimum atomic E-state index is -1.07. The van der Waals surface area contributed by atoms with E-state index in [9.17, 15) is 4.21 Å². The van der Waals surface area contributed by atoms with Crippen LogP contribution in [-0.2, 0) is 10.8 Å². The highest BCUT2D eigenvalue weighted by Crippen LogP contribution is 2.20. The van der Waals surface area contributed by atoms with Crippen molar-refractivity contribution in [1.29, 1.82) is 0 Å². The van der Waals surface area contributed by atoms with E-state index in [1.54, 1.807) is 0 Å². The first-order valence-corrected chi connectivity index (χ1v) is 8.48. The van der Waals surface area contributed by atoms with Crippen LogP contribution in [0.25, 0.3) is 0 Å². The van der Waals surface area contributed by atoms with Crippen molar-refractivity contribution in [2.45, 2.75) is 38.6 Å². The Morgan fingerprint density at radius 1 is 0.905 bits per heavy atom. The summed E-state index contributed by atoms with van der Waals surface area (Å²) < 4.78 is 12.5. The SMILES string of the molecule is Cc1ccc(C(N)CS(=O)c2ccc(C)c(C)c2)cc1C. The van der Waals surface area contributed by atoms with E-state index in [1.807, 2.05) is 31.2 Å². The molecule has 2 N–H and O–H groups in total. The average Bonchev–Trinajstić information content (AvgIpc) is 2.44. The van der Waals surface area contributed by atoms with Crippen LogP contribution in [0.4, 0.5) is 0 Å². The maximum Gasteiger partial charge on any atom is 0.0548 e. The fourth-order valence-electron chi connectivity index (χ4n) is 2.21. The van der Waals surface area contributed by atoms with E-state index in [1.165, 1.54) is 22.3 Å². The molecule has 0 spiro atoms. The third-order valence-electron chi connectivity index (χ3n) is 4.03. The smallest absolute Gasteiger partial charge is 0.0548 e. The lowest BCUT2D eigenvalue weighted by Gasteiger charge is -2.14. The summed E-state index contributed by atoms with van der Waals surface area (Å²) in [6, 6.07) is 12.0. The Bertz CT molecular complexity index is 679. The van der Waals surface area contributed by atoms with Gasteiger partial charge in [0.25, 0.3) is 0 Å². The quantitative estimate of drug-likeness (QED) is 0.935. The molecule has 0 aliphatic rings. The molecule has 112 valence electrons. The fraction of sp³-hybridized carbons (Fsp3) is 0.333. The van der Waals surface area contributed by atoms with Gasteiger partial charge in [0, 0.05) is 16.7 Å². The zero-order valence-corrected chi connectivity index (χ0v) is 14.0. The van der Waals surface area contributed by atoms with Crippen molar-refractivity contribution >= 4 is 10.8 Å². The minimum absolute atomic E-state index is 0.202. The molecule has 2 unspecified atom stereocenters. The van der Waals surface area contributed by atoms with Gasteiger partial charge in [-0.3, -0.25) is 4.21 Å². The van der Waals surface area contributed by atoms with Crippen LogP contribution >= 0.6 is 0 Å². The lowest BCUT2D eigenvalue weighted by Crippen LogP contribution is -2.18. The molecule has 21 heavy (non-hydrogen) atoms. The van der Waals surface area contributed by atoms with E-state index >= 15 is 0 Å². The van der Waals surface area contributed by atoms with E-state index in [0.717, 1.165) is 10.5 Å². The predicted molar refractivity (Wildman–Crippen MR) is 90.0 cm³/mol. The number of rotatable bonds is 4. The number of benzene rings is 2. The number of hydrogen-bond donors (Lipinski definition) is 1. The van der Waals surface area contributed by atoms with Gasteiger partial charge in [-0.1, -0.05) is 24.3 Å². The molecule has 2 aromatic carbocycles. The van der Waals surface area contributed by atoms with Gasteiger partial charge >= 0.3 is 0 Å². The molecule has 0 bridgehead atoms. The maximum atomic E-state index is 12.5. The van der Waals surface area contributed by atoms with Crippen LogP contribution in [-0.4, -0.2) is 9.96 Å². The Kier molecular flexibility index (Phi) is 4.96. The second kappa shape index (κ2) is 6.54. The maximum absolute atomic E-state index is 12.5. The third-order valence-corrected chi connectivity index (χ3v) is 5.47. The predicted octanol–water partition coefficient (Wildman–Crippen LogP) is 3.73. The molecule has 0 aliphatic carbocycles. The second-order valence-corrected chi connectivity index (χ2v) is 7.20. The van der Waals surface area contributed by atoms with Crippen LogP contribution in [0.5, 0.6) is 0 Å². The average molecular weight is 301 g/mol. The molecule has 2 rings (SSSR count). The lowest BCUT2D eigenvalue weighted by molar-refractivity contribution is 0.675. The Labute approximate surface area is 129 Å². The monoisotopic (exact) mass is 301 g/mol. The van der Waals surface area contributed by atoms with Gasteiger partial charge in [0.1, 0.15) is 0 Å². The van der Waals surface area contributed by atoms with Crippen molar-refractivity contribution in [3.05, 3.63) is 64.2 Å². The van der Waals surface area contributed by atoms with Gasteiger partial charge in [0.15, 0.2) is 0 Å². The van der Waals surface area contributed by atoms with Gasteiger partial charge in [-0.15, -0.1) is 0 Å². The highest BCUT2D eigenvalue weighted by molar-refractivity contribution is 7.85. The standard InChI is InChI=1S/C18H23NOS/c1-12-5-7-16(9-14(12)3)18(19)11-21(20)17-8-6-13(2)15(4)10-17/h5-10,18H,11,19H2,1-4H3. The zero-order valence-electron chi connectivity index (χ0n) is 13.1. The van der Waals surface area contributed by atoms with Gasteiger partial charge in [0.05, 0.1) is 10.8 Å². The van der Waals surface area contributed by atoms with Gasteiger partial charge in [-0.25, -0.2) is 0 Å². The van der Waals surface area contributed by atoms with Crippen LogP contribution in [0.1, 0.15) is 33.9 Å². The molecule has 0 aliphatic heterocycles. The first-order chi connectivity index (χ1) is 9.88. The molecule has 0 fully saturated rings.